The molecule has 102 valence electrons. The largest absolute Gasteiger partial charge is 0.349 e. The van der Waals surface area contributed by atoms with Gasteiger partial charge in [0.25, 0.3) is 5.91 Å². The lowest BCUT2D eigenvalue weighted by Crippen LogP contribution is -2.27. The quantitative estimate of drug-likeness (QED) is 0.914. The van der Waals surface area contributed by atoms with Crippen LogP contribution in [-0.4, -0.2) is 20.6 Å². The van der Waals surface area contributed by atoms with Gasteiger partial charge in [0.15, 0.2) is 5.82 Å². The molecule has 0 bridgehead atoms. The topological polar surface area (TPSA) is 73.0 Å². The van der Waals surface area contributed by atoms with Gasteiger partial charge in [0.1, 0.15) is 0 Å². The molecular formula is C13H18N4O2. The third kappa shape index (κ3) is 2.52. The van der Waals surface area contributed by atoms with Crippen molar-refractivity contribution in [2.75, 3.05) is 0 Å². The first kappa shape index (κ1) is 13.3. The number of carbonyl (C=O) groups is 1. The highest BCUT2D eigenvalue weighted by atomic mass is 16.5. The summed E-state index contributed by atoms with van der Waals surface area (Å²) in [6.45, 7) is 8.68. The van der Waals surface area contributed by atoms with Crippen molar-refractivity contribution in [3.8, 4) is 0 Å². The van der Waals surface area contributed by atoms with Crippen LogP contribution >= 0.6 is 0 Å². The maximum atomic E-state index is 12.2. The van der Waals surface area contributed by atoms with Gasteiger partial charge in [-0.15, -0.1) is 0 Å². The Morgan fingerprint density at radius 3 is 2.79 bits per heavy atom. The van der Waals surface area contributed by atoms with E-state index in [1.165, 1.54) is 6.39 Å². The number of aryl methyl sites for hydroxylation is 1. The smallest absolute Gasteiger partial charge is 0.253 e. The fourth-order valence-electron chi connectivity index (χ4n) is 2.23. The van der Waals surface area contributed by atoms with E-state index in [1.54, 1.807) is 0 Å². The fraction of sp³-hybridized carbons (Fsp3) is 0.462. The Bertz CT molecular complexity index is 572. The van der Waals surface area contributed by atoms with E-state index in [1.807, 2.05) is 26.8 Å². The van der Waals surface area contributed by atoms with Gasteiger partial charge in [-0.3, -0.25) is 4.79 Å². The molecule has 0 saturated heterocycles. The first-order valence-corrected chi connectivity index (χ1v) is 6.28. The molecule has 1 atom stereocenters. The normalized spacial score (nSPS) is 12.4. The van der Waals surface area contributed by atoms with Gasteiger partial charge in [0.05, 0.1) is 11.6 Å². The van der Waals surface area contributed by atoms with Crippen LogP contribution in [0.2, 0.25) is 0 Å². The maximum Gasteiger partial charge on any atom is 0.253 e. The van der Waals surface area contributed by atoms with E-state index < -0.39 is 0 Å². The van der Waals surface area contributed by atoms with E-state index in [2.05, 4.69) is 31.5 Å². The molecule has 19 heavy (non-hydrogen) atoms. The van der Waals surface area contributed by atoms with Crippen LogP contribution in [0, 0.1) is 13.8 Å². The summed E-state index contributed by atoms with van der Waals surface area (Å²) in [4.78, 5) is 16.2. The third-order valence-electron chi connectivity index (χ3n) is 3.25. The number of hydrogen-bond acceptors (Lipinski definition) is 4. The zero-order valence-corrected chi connectivity index (χ0v) is 11.6. The molecule has 1 amide bonds. The van der Waals surface area contributed by atoms with Crippen LogP contribution < -0.4 is 5.32 Å². The number of nitrogens with zero attached hydrogens (tertiary/aromatic N) is 3. The molecule has 2 heterocycles. The van der Waals surface area contributed by atoms with Crippen LogP contribution in [0.25, 0.3) is 0 Å². The molecule has 0 spiro atoms. The first-order chi connectivity index (χ1) is 9.04. The molecule has 0 unspecified atom stereocenters. The minimum Gasteiger partial charge on any atom is -0.349 e. The molecule has 0 aromatic carbocycles. The van der Waals surface area contributed by atoms with Crippen LogP contribution in [0.3, 0.4) is 0 Å². The van der Waals surface area contributed by atoms with Gasteiger partial charge >= 0.3 is 0 Å². The minimum atomic E-state index is -0.282. The second-order valence-corrected chi connectivity index (χ2v) is 4.51. The Hall–Kier alpha value is -2.11. The molecule has 2 aromatic rings. The standard InChI is InChI=1S/C13H18N4O2/c1-5-17-8(2)6-11(10(17)4)13(18)15-9(3)12-14-7-19-16-12/h6-7,9H,5H2,1-4H3,(H,15,18)/t9-/m1/s1. The van der Waals surface area contributed by atoms with Crippen molar-refractivity contribution < 1.29 is 9.32 Å². The van der Waals surface area contributed by atoms with E-state index in [9.17, 15) is 4.79 Å². The van der Waals surface area contributed by atoms with Gasteiger partial charge in [0, 0.05) is 17.9 Å². The molecule has 0 aliphatic heterocycles. The summed E-state index contributed by atoms with van der Waals surface area (Å²) in [6.07, 6.45) is 1.25. The van der Waals surface area contributed by atoms with Gasteiger partial charge in [-0.1, -0.05) is 5.16 Å². The Balaban J connectivity index is 2.17. The summed E-state index contributed by atoms with van der Waals surface area (Å²) in [5.41, 5.74) is 2.74. The number of aromatic nitrogens is 3. The zero-order chi connectivity index (χ0) is 14.0. The van der Waals surface area contributed by atoms with Gasteiger partial charge in [-0.25, -0.2) is 0 Å². The lowest BCUT2D eigenvalue weighted by molar-refractivity contribution is 0.0937. The summed E-state index contributed by atoms with van der Waals surface area (Å²) >= 11 is 0. The molecule has 0 aliphatic rings. The number of carbonyl (C=O) groups excluding carboxylic acids is 1. The number of hydrogen-bond donors (Lipinski definition) is 1. The summed E-state index contributed by atoms with van der Waals surface area (Å²) in [6, 6.07) is 1.62. The molecule has 2 rings (SSSR count). The van der Waals surface area contributed by atoms with Crippen molar-refractivity contribution in [3.63, 3.8) is 0 Å². The van der Waals surface area contributed by atoms with Gasteiger partial charge in [-0.05, 0) is 33.8 Å². The highest BCUT2D eigenvalue weighted by Gasteiger charge is 2.19. The predicted octanol–water partition coefficient (Wildman–Crippen LogP) is 2.00. The summed E-state index contributed by atoms with van der Waals surface area (Å²) in [5, 5.41) is 6.58. The van der Waals surface area contributed by atoms with Crippen LogP contribution in [0.15, 0.2) is 17.0 Å². The van der Waals surface area contributed by atoms with Crippen LogP contribution in [0.1, 0.15) is 47.5 Å². The van der Waals surface area contributed by atoms with Crippen molar-refractivity contribution in [2.45, 2.75) is 40.3 Å². The van der Waals surface area contributed by atoms with Crippen molar-refractivity contribution in [2.24, 2.45) is 0 Å². The lowest BCUT2D eigenvalue weighted by Gasteiger charge is -2.10. The summed E-state index contributed by atoms with van der Waals surface area (Å²) in [5.74, 6) is 0.350. The number of rotatable bonds is 4. The lowest BCUT2D eigenvalue weighted by atomic mass is 10.2. The second kappa shape index (κ2) is 5.26. The fourth-order valence-corrected chi connectivity index (χ4v) is 2.23. The Labute approximate surface area is 111 Å². The second-order valence-electron chi connectivity index (χ2n) is 4.51. The monoisotopic (exact) mass is 262 g/mol. The van der Waals surface area contributed by atoms with E-state index in [0.29, 0.717) is 11.4 Å². The Morgan fingerprint density at radius 1 is 1.53 bits per heavy atom. The number of amides is 1. The number of nitrogens with one attached hydrogen (secondary N) is 1. The highest BCUT2D eigenvalue weighted by molar-refractivity contribution is 5.95. The maximum absolute atomic E-state index is 12.2. The third-order valence-corrected chi connectivity index (χ3v) is 3.25. The van der Waals surface area contributed by atoms with E-state index in [-0.39, 0.29) is 11.9 Å². The van der Waals surface area contributed by atoms with Crippen molar-refractivity contribution in [3.05, 3.63) is 35.2 Å². The van der Waals surface area contributed by atoms with Crippen molar-refractivity contribution in [1.82, 2.24) is 20.0 Å². The predicted molar refractivity (Wildman–Crippen MR) is 69.8 cm³/mol. The molecule has 0 radical (unpaired) electrons. The SMILES string of the molecule is CCn1c(C)cc(C(=O)N[C@H](C)c2ncon2)c1C. The van der Waals surface area contributed by atoms with Gasteiger partial charge < -0.3 is 14.4 Å². The van der Waals surface area contributed by atoms with Crippen LogP contribution in [0.4, 0.5) is 0 Å². The Morgan fingerprint density at radius 2 is 2.26 bits per heavy atom. The van der Waals surface area contributed by atoms with Gasteiger partial charge in [-0.2, -0.15) is 4.98 Å². The first-order valence-electron chi connectivity index (χ1n) is 6.28. The van der Waals surface area contributed by atoms with E-state index in [0.717, 1.165) is 17.9 Å². The molecule has 1 N–H and O–H groups in total. The molecular weight excluding hydrogens is 244 g/mol. The van der Waals surface area contributed by atoms with Gasteiger partial charge in [0.2, 0.25) is 6.39 Å². The average molecular weight is 262 g/mol. The Kier molecular flexibility index (Phi) is 3.69. The molecule has 0 saturated carbocycles. The van der Waals surface area contributed by atoms with Crippen molar-refractivity contribution in [1.29, 1.82) is 0 Å². The molecule has 0 fully saturated rings. The van der Waals surface area contributed by atoms with E-state index in [4.69, 9.17) is 0 Å². The van der Waals surface area contributed by atoms with E-state index >= 15 is 0 Å². The minimum absolute atomic E-state index is 0.120. The average Bonchev–Trinajstić information content (AvgIpc) is 2.97. The molecule has 6 nitrogen and oxygen atoms in total. The molecule has 6 heteroatoms. The zero-order valence-electron chi connectivity index (χ0n) is 11.6. The molecule has 0 aliphatic carbocycles. The van der Waals surface area contributed by atoms with Crippen molar-refractivity contribution >= 4 is 5.91 Å². The molecule has 2 aromatic heterocycles. The highest BCUT2D eigenvalue weighted by Crippen LogP contribution is 2.16. The van der Waals surface area contributed by atoms with Crippen LogP contribution in [-0.2, 0) is 6.54 Å². The summed E-state index contributed by atoms with van der Waals surface area (Å²) in [7, 11) is 0. The van der Waals surface area contributed by atoms with Crippen LogP contribution in [0.5, 0.6) is 0 Å². The summed E-state index contributed by atoms with van der Waals surface area (Å²) < 4.78 is 6.78.